The fraction of sp³-hybridized carbons (Fsp3) is 0.455. The summed E-state index contributed by atoms with van der Waals surface area (Å²) < 4.78 is 5.15. The van der Waals surface area contributed by atoms with E-state index in [1.165, 1.54) is 12.8 Å². The van der Waals surface area contributed by atoms with Crippen LogP contribution in [0.25, 0.3) is 0 Å². The molecule has 0 bridgehead atoms. The summed E-state index contributed by atoms with van der Waals surface area (Å²) in [5.74, 6) is 1.36. The highest BCUT2D eigenvalue weighted by Gasteiger charge is 2.19. The van der Waals surface area contributed by atoms with Gasteiger partial charge in [0.2, 0.25) is 0 Å². The zero-order chi connectivity index (χ0) is 10.7. The second-order valence-corrected chi connectivity index (χ2v) is 3.52. The molecule has 0 unspecified atom stereocenters. The second kappa shape index (κ2) is 4.18. The van der Waals surface area contributed by atoms with Crippen molar-refractivity contribution in [1.29, 1.82) is 5.26 Å². The maximum Gasteiger partial charge on any atom is 0.150 e. The molecule has 0 aromatic carbocycles. The number of nitrogens with zero attached hydrogens (tertiary/aromatic N) is 3. The monoisotopic (exact) mass is 203 g/mol. The molecule has 0 spiro atoms. The standard InChI is InChI=1S/C11H13N3O/c1-15-10-4-5-13-11(9(10)8-12)14-6-2-3-7-14/h4-5H,2-3,6-7H2,1H3. The van der Waals surface area contributed by atoms with Gasteiger partial charge in [-0.15, -0.1) is 0 Å². The molecule has 4 nitrogen and oxygen atoms in total. The molecule has 78 valence electrons. The zero-order valence-corrected chi connectivity index (χ0v) is 8.73. The molecular formula is C11H13N3O. The van der Waals surface area contributed by atoms with Gasteiger partial charge in [0.05, 0.1) is 7.11 Å². The van der Waals surface area contributed by atoms with E-state index in [0.29, 0.717) is 11.3 Å². The van der Waals surface area contributed by atoms with Crippen LogP contribution in [0.3, 0.4) is 0 Å². The van der Waals surface area contributed by atoms with E-state index in [1.54, 1.807) is 19.4 Å². The fourth-order valence-corrected chi connectivity index (χ4v) is 1.88. The molecule has 0 N–H and O–H groups in total. The number of hydrogen-bond acceptors (Lipinski definition) is 4. The predicted octanol–water partition coefficient (Wildman–Crippen LogP) is 1.56. The Morgan fingerprint density at radius 2 is 2.20 bits per heavy atom. The fourth-order valence-electron chi connectivity index (χ4n) is 1.88. The van der Waals surface area contributed by atoms with Gasteiger partial charge >= 0.3 is 0 Å². The first-order valence-corrected chi connectivity index (χ1v) is 5.05. The molecule has 2 heterocycles. The minimum Gasteiger partial charge on any atom is -0.495 e. The van der Waals surface area contributed by atoms with Crippen LogP contribution in [0.4, 0.5) is 5.82 Å². The number of rotatable bonds is 2. The van der Waals surface area contributed by atoms with Gasteiger partial charge < -0.3 is 9.64 Å². The highest BCUT2D eigenvalue weighted by Crippen LogP contribution is 2.28. The van der Waals surface area contributed by atoms with Gasteiger partial charge in [0.1, 0.15) is 23.2 Å². The number of hydrogen-bond donors (Lipinski definition) is 0. The van der Waals surface area contributed by atoms with Crippen LogP contribution in [-0.2, 0) is 0 Å². The van der Waals surface area contributed by atoms with E-state index in [4.69, 9.17) is 10.00 Å². The molecule has 15 heavy (non-hydrogen) atoms. The number of nitriles is 1. The molecule has 0 atom stereocenters. The average Bonchev–Trinajstić information content (AvgIpc) is 2.81. The Balaban J connectivity index is 2.42. The van der Waals surface area contributed by atoms with Crippen molar-refractivity contribution < 1.29 is 4.74 Å². The zero-order valence-electron chi connectivity index (χ0n) is 8.73. The number of pyridine rings is 1. The highest BCUT2D eigenvalue weighted by molar-refractivity contribution is 5.60. The van der Waals surface area contributed by atoms with Crippen molar-refractivity contribution in [3.8, 4) is 11.8 Å². The summed E-state index contributed by atoms with van der Waals surface area (Å²) >= 11 is 0. The third-order valence-electron chi connectivity index (χ3n) is 2.63. The second-order valence-electron chi connectivity index (χ2n) is 3.52. The minimum atomic E-state index is 0.543. The molecule has 1 aromatic rings. The number of methoxy groups -OCH3 is 1. The lowest BCUT2D eigenvalue weighted by Crippen LogP contribution is -2.20. The summed E-state index contributed by atoms with van der Waals surface area (Å²) in [4.78, 5) is 6.40. The SMILES string of the molecule is COc1ccnc(N2CCCC2)c1C#N. The van der Waals surface area contributed by atoms with Gasteiger partial charge in [0, 0.05) is 19.3 Å². The van der Waals surface area contributed by atoms with Crippen LogP contribution in [-0.4, -0.2) is 25.2 Å². The van der Waals surface area contributed by atoms with Crippen LogP contribution in [0.2, 0.25) is 0 Å². The maximum absolute atomic E-state index is 9.09. The third kappa shape index (κ3) is 1.73. The van der Waals surface area contributed by atoms with Gasteiger partial charge in [-0.1, -0.05) is 0 Å². The summed E-state index contributed by atoms with van der Waals surface area (Å²) in [5.41, 5.74) is 0.543. The van der Waals surface area contributed by atoms with Gasteiger partial charge in [-0.2, -0.15) is 5.26 Å². The molecule has 0 radical (unpaired) electrons. The molecule has 0 amide bonds. The molecule has 4 heteroatoms. The molecule has 1 aliphatic rings. The molecule has 1 aliphatic heterocycles. The van der Waals surface area contributed by atoms with E-state index >= 15 is 0 Å². The Kier molecular flexibility index (Phi) is 2.72. The summed E-state index contributed by atoms with van der Waals surface area (Å²) in [6, 6.07) is 3.88. The van der Waals surface area contributed by atoms with Crippen LogP contribution in [0.5, 0.6) is 5.75 Å². The minimum absolute atomic E-state index is 0.543. The van der Waals surface area contributed by atoms with Crippen molar-refractivity contribution in [3.05, 3.63) is 17.8 Å². The molecule has 0 aliphatic carbocycles. The molecule has 0 saturated carbocycles. The van der Waals surface area contributed by atoms with Gasteiger partial charge in [0.25, 0.3) is 0 Å². The van der Waals surface area contributed by atoms with Crippen molar-refractivity contribution in [2.75, 3.05) is 25.1 Å². The van der Waals surface area contributed by atoms with Gasteiger partial charge in [-0.05, 0) is 18.9 Å². The van der Waals surface area contributed by atoms with E-state index in [0.717, 1.165) is 18.9 Å². The first kappa shape index (κ1) is 9.78. The van der Waals surface area contributed by atoms with E-state index in [2.05, 4.69) is 16.0 Å². The maximum atomic E-state index is 9.09. The van der Waals surface area contributed by atoms with Crippen molar-refractivity contribution in [2.24, 2.45) is 0 Å². The lowest BCUT2D eigenvalue weighted by Gasteiger charge is -2.18. The van der Waals surface area contributed by atoms with Crippen molar-refractivity contribution in [2.45, 2.75) is 12.8 Å². The lowest BCUT2D eigenvalue weighted by atomic mass is 10.2. The Labute approximate surface area is 89.1 Å². The van der Waals surface area contributed by atoms with E-state index in [9.17, 15) is 0 Å². The van der Waals surface area contributed by atoms with Gasteiger partial charge in [0.15, 0.2) is 0 Å². The molecule has 1 aromatic heterocycles. The molecule has 1 saturated heterocycles. The topological polar surface area (TPSA) is 49.1 Å². The number of anilines is 1. The molecule has 1 fully saturated rings. The molecular weight excluding hydrogens is 190 g/mol. The van der Waals surface area contributed by atoms with Gasteiger partial charge in [-0.25, -0.2) is 4.98 Å². The largest absolute Gasteiger partial charge is 0.495 e. The van der Waals surface area contributed by atoms with Crippen LogP contribution >= 0.6 is 0 Å². The van der Waals surface area contributed by atoms with Crippen molar-refractivity contribution in [1.82, 2.24) is 4.98 Å². The van der Waals surface area contributed by atoms with Crippen LogP contribution in [0.1, 0.15) is 18.4 Å². The average molecular weight is 203 g/mol. The third-order valence-corrected chi connectivity index (χ3v) is 2.63. The Morgan fingerprint density at radius 3 is 2.80 bits per heavy atom. The van der Waals surface area contributed by atoms with Crippen molar-refractivity contribution >= 4 is 5.82 Å². The van der Waals surface area contributed by atoms with E-state index in [-0.39, 0.29) is 0 Å². The number of ether oxygens (including phenoxy) is 1. The van der Waals surface area contributed by atoms with Crippen LogP contribution in [0, 0.1) is 11.3 Å². The molecule has 2 rings (SSSR count). The van der Waals surface area contributed by atoms with Crippen LogP contribution in [0.15, 0.2) is 12.3 Å². The van der Waals surface area contributed by atoms with Crippen molar-refractivity contribution in [3.63, 3.8) is 0 Å². The Hall–Kier alpha value is -1.76. The Bertz CT molecular complexity index is 391. The van der Waals surface area contributed by atoms with E-state index < -0.39 is 0 Å². The first-order chi connectivity index (χ1) is 7.36. The summed E-state index contributed by atoms with van der Waals surface area (Å²) in [5, 5.41) is 9.09. The predicted molar refractivity (Wildman–Crippen MR) is 57.0 cm³/mol. The lowest BCUT2D eigenvalue weighted by molar-refractivity contribution is 0.413. The first-order valence-electron chi connectivity index (χ1n) is 5.05. The van der Waals surface area contributed by atoms with E-state index in [1.807, 2.05) is 0 Å². The quantitative estimate of drug-likeness (QED) is 0.732. The summed E-state index contributed by atoms with van der Waals surface area (Å²) in [7, 11) is 1.57. The number of aromatic nitrogens is 1. The smallest absolute Gasteiger partial charge is 0.150 e. The Morgan fingerprint density at radius 1 is 1.47 bits per heavy atom. The normalized spacial score (nSPS) is 15.1. The van der Waals surface area contributed by atoms with Crippen LogP contribution < -0.4 is 9.64 Å². The van der Waals surface area contributed by atoms with Gasteiger partial charge in [-0.3, -0.25) is 0 Å². The summed E-state index contributed by atoms with van der Waals surface area (Å²) in [6.07, 6.45) is 4.03. The highest BCUT2D eigenvalue weighted by atomic mass is 16.5. The summed E-state index contributed by atoms with van der Waals surface area (Å²) in [6.45, 7) is 1.96.